The van der Waals surface area contributed by atoms with Gasteiger partial charge in [0, 0.05) is 9.35 Å². The number of thiophene rings is 1. The number of benzene rings is 1. The fraction of sp³-hybridized carbons (Fsp3) is 0.154. The number of rotatable bonds is 3. The van der Waals surface area contributed by atoms with E-state index in [2.05, 4.69) is 59.6 Å². The maximum atomic E-state index is 6.01. The summed E-state index contributed by atoms with van der Waals surface area (Å²) < 4.78 is 4.35. The third-order valence-corrected chi connectivity index (χ3v) is 5.19. The van der Waals surface area contributed by atoms with Crippen molar-refractivity contribution >= 4 is 65.8 Å². The number of hydrogen-bond donors (Lipinski definition) is 0. The quantitative estimate of drug-likeness (QED) is 0.518. The monoisotopic (exact) mass is 418 g/mol. The second kappa shape index (κ2) is 5.56. The number of hydrogen-bond acceptors (Lipinski definition) is 2. The summed E-state index contributed by atoms with van der Waals surface area (Å²) in [6.07, 6.45) is 0. The SMILES string of the molecule is ClCc1nc2cc(Br)ccc2n1Cc1ccc(Br)s1. The Bertz CT molecular complexity index is 735. The van der Waals surface area contributed by atoms with Gasteiger partial charge in [-0.1, -0.05) is 15.9 Å². The molecule has 19 heavy (non-hydrogen) atoms. The number of imidazole rings is 1. The van der Waals surface area contributed by atoms with Gasteiger partial charge in [-0.2, -0.15) is 0 Å². The van der Waals surface area contributed by atoms with Gasteiger partial charge in [-0.3, -0.25) is 0 Å². The summed E-state index contributed by atoms with van der Waals surface area (Å²) >= 11 is 14.7. The van der Waals surface area contributed by atoms with Crippen LogP contribution in [-0.4, -0.2) is 9.55 Å². The van der Waals surface area contributed by atoms with Crippen molar-refractivity contribution in [1.29, 1.82) is 0 Å². The summed E-state index contributed by atoms with van der Waals surface area (Å²) in [5, 5.41) is 0. The molecule has 0 saturated carbocycles. The van der Waals surface area contributed by atoms with Gasteiger partial charge >= 0.3 is 0 Å². The summed E-state index contributed by atoms with van der Waals surface area (Å²) in [6.45, 7) is 0.802. The molecule has 3 aromatic rings. The molecule has 0 saturated heterocycles. The molecule has 0 N–H and O–H groups in total. The minimum atomic E-state index is 0.416. The van der Waals surface area contributed by atoms with E-state index in [-0.39, 0.29) is 0 Å². The van der Waals surface area contributed by atoms with Gasteiger partial charge in [0.15, 0.2) is 0 Å². The van der Waals surface area contributed by atoms with Gasteiger partial charge in [-0.25, -0.2) is 4.98 Å². The molecular formula is C13H9Br2ClN2S. The lowest BCUT2D eigenvalue weighted by atomic mass is 10.3. The largest absolute Gasteiger partial charge is 0.322 e. The molecule has 0 atom stereocenters. The van der Waals surface area contributed by atoms with Crippen molar-refractivity contribution in [2.24, 2.45) is 0 Å². The van der Waals surface area contributed by atoms with Gasteiger partial charge < -0.3 is 4.57 Å². The standard InChI is InChI=1S/C13H9Br2ClN2S/c14-8-1-3-11-10(5-8)17-13(6-16)18(11)7-9-2-4-12(15)19-9/h1-5H,6-7H2. The van der Waals surface area contributed by atoms with E-state index in [1.807, 2.05) is 12.1 Å². The molecule has 0 amide bonds. The maximum Gasteiger partial charge on any atom is 0.125 e. The molecule has 1 aromatic carbocycles. The van der Waals surface area contributed by atoms with Crippen LogP contribution in [0.3, 0.4) is 0 Å². The molecular weight excluding hydrogens is 411 g/mol. The molecule has 0 aliphatic carbocycles. The van der Waals surface area contributed by atoms with E-state index in [0.717, 1.165) is 31.7 Å². The second-order valence-corrected chi connectivity index (χ2v) is 7.82. The van der Waals surface area contributed by atoms with Gasteiger partial charge in [0.1, 0.15) is 5.82 Å². The van der Waals surface area contributed by atoms with E-state index >= 15 is 0 Å². The Labute approximate surface area is 136 Å². The molecule has 0 bridgehead atoms. The third-order valence-electron chi connectivity index (χ3n) is 2.85. The molecule has 98 valence electrons. The minimum Gasteiger partial charge on any atom is -0.322 e. The van der Waals surface area contributed by atoms with Crippen LogP contribution in [0.25, 0.3) is 11.0 Å². The van der Waals surface area contributed by atoms with Gasteiger partial charge in [-0.15, -0.1) is 22.9 Å². The molecule has 2 heterocycles. The van der Waals surface area contributed by atoms with E-state index in [0.29, 0.717) is 5.88 Å². The Morgan fingerprint density at radius 1 is 1.21 bits per heavy atom. The smallest absolute Gasteiger partial charge is 0.125 e. The fourth-order valence-electron chi connectivity index (χ4n) is 2.02. The lowest BCUT2D eigenvalue weighted by molar-refractivity contribution is 0.789. The van der Waals surface area contributed by atoms with Crippen molar-refractivity contribution in [1.82, 2.24) is 9.55 Å². The van der Waals surface area contributed by atoms with E-state index in [1.54, 1.807) is 11.3 Å². The lowest BCUT2D eigenvalue weighted by Crippen LogP contribution is -2.02. The Kier molecular flexibility index (Phi) is 3.98. The first-order chi connectivity index (χ1) is 9.17. The Morgan fingerprint density at radius 2 is 2.05 bits per heavy atom. The molecule has 2 nitrogen and oxygen atoms in total. The van der Waals surface area contributed by atoms with Crippen LogP contribution in [0.5, 0.6) is 0 Å². The zero-order valence-corrected chi connectivity index (χ0v) is 14.5. The Morgan fingerprint density at radius 3 is 2.74 bits per heavy atom. The van der Waals surface area contributed by atoms with Crippen LogP contribution < -0.4 is 0 Å². The van der Waals surface area contributed by atoms with Crippen molar-refractivity contribution < 1.29 is 0 Å². The number of nitrogens with zero attached hydrogens (tertiary/aromatic N) is 2. The lowest BCUT2D eigenvalue weighted by Gasteiger charge is -2.05. The van der Waals surface area contributed by atoms with E-state index < -0.39 is 0 Å². The highest BCUT2D eigenvalue weighted by Crippen LogP contribution is 2.26. The van der Waals surface area contributed by atoms with Gasteiger partial charge in [0.2, 0.25) is 0 Å². The first-order valence-electron chi connectivity index (χ1n) is 5.62. The molecule has 0 radical (unpaired) electrons. The van der Waals surface area contributed by atoms with Crippen molar-refractivity contribution in [3.8, 4) is 0 Å². The highest BCUT2D eigenvalue weighted by Gasteiger charge is 2.11. The van der Waals surface area contributed by atoms with Gasteiger partial charge in [0.05, 0.1) is 27.2 Å². The first kappa shape index (κ1) is 13.6. The summed E-state index contributed by atoms with van der Waals surface area (Å²) in [7, 11) is 0. The van der Waals surface area contributed by atoms with Crippen LogP contribution in [0.15, 0.2) is 38.6 Å². The average Bonchev–Trinajstić information content (AvgIpc) is 2.94. The number of alkyl halides is 1. The van der Waals surface area contributed by atoms with Gasteiger partial charge in [-0.05, 0) is 46.3 Å². The van der Waals surface area contributed by atoms with Crippen molar-refractivity contribution in [2.45, 2.75) is 12.4 Å². The first-order valence-corrected chi connectivity index (χ1v) is 8.56. The Balaban J connectivity index is 2.10. The van der Waals surface area contributed by atoms with Crippen molar-refractivity contribution in [3.63, 3.8) is 0 Å². The van der Waals surface area contributed by atoms with E-state index in [1.165, 1.54) is 4.88 Å². The van der Waals surface area contributed by atoms with Crippen LogP contribution in [0.2, 0.25) is 0 Å². The summed E-state index contributed by atoms with van der Waals surface area (Å²) in [5.41, 5.74) is 2.09. The van der Waals surface area contributed by atoms with Crippen LogP contribution in [0.1, 0.15) is 10.7 Å². The highest BCUT2D eigenvalue weighted by atomic mass is 79.9. The summed E-state index contributed by atoms with van der Waals surface area (Å²) in [4.78, 5) is 5.87. The molecule has 0 unspecified atom stereocenters. The molecule has 6 heteroatoms. The normalized spacial score (nSPS) is 11.3. The summed E-state index contributed by atoms with van der Waals surface area (Å²) in [5.74, 6) is 1.32. The summed E-state index contributed by atoms with van der Waals surface area (Å²) in [6, 6.07) is 10.3. The molecule has 0 spiro atoms. The molecule has 3 rings (SSSR count). The predicted molar refractivity (Wildman–Crippen MR) is 88.1 cm³/mol. The van der Waals surface area contributed by atoms with Crippen molar-refractivity contribution in [3.05, 3.63) is 49.3 Å². The average molecular weight is 421 g/mol. The van der Waals surface area contributed by atoms with Crippen LogP contribution in [-0.2, 0) is 12.4 Å². The number of halogens is 3. The van der Waals surface area contributed by atoms with Gasteiger partial charge in [0.25, 0.3) is 0 Å². The zero-order valence-electron chi connectivity index (χ0n) is 9.74. The molecule has 0 aliphatic heterocycles. The minimum absolute atomic E-state index is 0.416. The van der Waals surface area contributed by atoms with Crippen LogP contribution in [0.4, 0.5) is 0 Å². The van der Waals surface area contributed by atoms with E-state index in [4.69, 9.17) is 11.6 Å². The topological polar surface area (TPSA) is 17.8 Å². The van der Waals surface area contributed by atoms with Crippen LogP contribution >= 0.6 is 54.8 Å². The van der Waals surface area contributed by atoms with Crippen molar-refractivity contribution in [2.75, 3.05) is 0 Å². The highest BCUT2D eigenvalue weighted by molar-refractivity contribution is 9.11. The third kappa shape index (κ3) is 2.75. The van der Waals surface area contributed by atoms with E-state index in [9.17, 15) is 0 Å². The number of aromatic nitrogens is 2. The predicted octanol–water partition coefficient (Wildman–Crippen LogP) is 5.41. The molecule has 0 fully saturated rings. The van der Waals surface area contributed by atoms with Crippen LogP contribution in [0, 0.1) is 0 Å². The molecule has 0 aliphatic rings. The molecule has 2 aromatic heterocycles. The Hall–Kier alpha value is -0.360. The maximum absolute atomic E-state index is 6.01. The second-order valence-electron chi connectivity index (χ2n) is 4.09. The zero-order chi connectivity index (χ0) is 13.4. The number of fused-ring (bicyclic) bond motifs is 1. The fourth-order valence-corrected chi connectivity index (χ4v) is 4.05.